The first-order valence-corrected chi connectivity index (χ1v) is 36.4. The zero-order valence-electron chi connectivity index (χ0n) is 59.8. The molecule has 4 saturated carbocycles. The average molecular weight is 1500 g/mol. The van der Waals surface area contributed by atoms with Gasteiger partial charge in [-0.1, -0.05) is 53.2 Å². The molecule has 35 nitrogen and oxygen atoms in total. The van der Waals surface area contributed by atoms with Gasteiger partial charge in [-0.2, -0.15) is 0 Å². The van der Waals surface area contributed by atoms with Crippen LogP contribution in [0, 0.1) is 50.2 Å². The molecule has 104 heavy (non-hydrogen) atoms. The van der Waals surface area contributed by atoms with Crippen LogP contribution in [0.15, 0.2) is 11.6 Å². The lowest BCUT2D eigenvalue weighted by Gasteiger charge is -2.72. The number of carbonyl (C=O) groups is 1. The average Bonchev–Trinajstić information content (AvgIpc) is 0.722. The van der Waals surface area contributed by atoms with Crippen LogP contribution in [0.5, 0.6) is 0 Å². The molecule has 0 radical (unpaired) electrons. The molecule has 5 aliphatic carbocycles. The van der Waals surface area contributed by atoms with Crippen molar-refractivity contribution in [3.63, 3.8) is 0 Å². The fourth-order valence-corrected chi connectivity index (χ4v) is 20.3. The van der Waals surface area contributed by atoms with E-state index in [9.17, 15) is 102 Å². The molecule has 7 heterocycles. The van der Waals surface area contributed by atoms with Crippen molar-refractivity contribution in [2.45, 2.75) is 322 Å². The second-order valence-electron chi connectivity index (χ2n) is 33.6. The zero-order chi connectivity index (χ0) is 75.9. The van der Waals surface area contributed by atoms with E-state index in [1.54, 1.807) is 6.92 Å². The third-order valence-corrected chi connectivity index (χ3v) is 26.6. The summed E-state index contributed by atoms with van der Waals surface area (Å²) in [6, 6.07) is 0. The van der Waals surface area contributed by atoms with Gasteiger partial charge in [0.05, 0.1) is 81.7 Å². The first-order chi connectivity index (χ1) is 48.7. The lowest BCUT2D eigenvalue weighted by molar-refractivity contribution is -0.395. The highest BCUT2D eigenvalue weighted by Gasteiger charge is 2.74. The number of hydrogen-bond acceptors (Lipinski definition) is 35. The quantitative estimate of drug-likeness (QED) is 0.0366. The van der Waals surface area contributed by atoms with Gasteiger partial charge < -0.3 is 168 Å². The highest BCUT2D eigenvalue weighted by Crippen LogP contribution is 2.76. The first-order valence-electron chi connectivity index (χ1n) is 36.4. The van der Waals surface area contributed by atoms with Gasteiger partial charge in [0.1, 0.15) is 122 Å². The van der Waals surface area contributed by atoms with E-state index in [4.69, 9.17) is 66.3 Å². The van der Waals surface area contributed by atoms with E-state index in [0.717, 1.165) is 5.57 Å². The Morgan fingerprint density at radius 1 is 0.481 bits per heavy atom. The Labute approximate surface area is 600 Å². The molecule has 42 unspecified atom stereocenters. The summed E-state index contributed by atoms with van der Waals surface area (Å²) in [6.45, 7) is 12.3. The van der Waals surface area contributed by atoms with Crippen molar-refractivity contribution in [1.82, 2.24) is 0 Å². The maximum Gasteiger partial charge on any atom is 0.315 e. The summed E-state index contributed by atoms with van der Waals surface area (Å²) in [4.78, 5) is 15.8. The highest BCUT2D eigenvalue weighted by molar-refractivity contribution is 5.79. The van der Waals surface area contributed by atoms with Gasteiger partial charge >= 0.3 is 5.97 Å². The summed E-state index contributed by atoms with van der Waals surface area (Å²) in [6.07, 6.45) is -50.3. The fraction of sp³-hybridized carbons (Fsp3) is 0.957. The molecular formula is C69H112O35. The lowest BCUT2D eigenvalue weighted by atomic mass is 9.33. The van der Waals surface area contributed by atoms with Crippen LogP contribution < -0.4 is 0 Å². The Morgan fingerprint density at radius 2 is 1.02 bits per heavy atom. The van der Waals surface area contributed by atoms with E-state index in [-0.39, 0.29) is 30.6 Å². The molecule has 35 heteroatoms. The van der Waals surface area contributed by atoms with Crippen molar-refractivity contribution < 1.29 is 173 Å². The van der Waals surface area contributed by atoms with Crippen molar-refractivity contribution in [3.8, 4) is 0 Å². The Balaban J connectivity index is 0.775. The number of fused-ring (bicyclic) bond motifs is 7. The molecule has 12 aliphatic rings. The third kappa shape index (κ3) is 13.7. The first kappa shape index (κ1) is 81.4. The topological polar surface area (TPSA) is 551 Å². The molecule has 0 amide bonds. The summed E-state index contributed by atoms with van der Waals surface area (Å²) in [5, 5.41) is 224. The molecule has 0 spiro atoms. The number of rotatable bonds is 17. The SMILES string of the molecule is CC1OC(OC2C(O)COC(OC3C(C)OC(OC4C(OC(=O)C56CCC(C)(C)CC5C5=CCC7C8(C)CC(O)C(OC9OC(CO)C(OC%10OCC(O)(CO)C%10O)C(O)C9O)C(C)(CO)C8C(O)CC7(C)C5(C)CC6)OCC(O)C4O)C(O)C3OC3OC(C)C(O)C(O)C3O)C2O)C(O)C(O)C1O. The van der Waals surface area contributed by atoms with Crippen molar-refractivity contribution in [2.75, 3.05) is 39.6 Å². The summed E-state index contributed by atoms with van der Waals surface area (Å²) in [7, 11) is 0. The molecule has 12 rings (SSSR count). The lowest BCUT2D eigenvalue weighted by Crippen LogP contribution is -2.72. The van der Waals surface area contributed by atoms with Crippen molar-refractivity contribution in [3.05, 3.63) is 11.6 Å². The second kappa shape index (κ2) is 30.1. The van der Waals surface area contributed by atoms with E-state index in [1.165, 1.54) is 20.8 Å². The molecule has 42 atom stereocenters. The molecule has 7 aliphatic heterocycles. The number of hydrogen-bond donors (Lipinski definition) is 20. The van der Waals surface area contributed by atoms with E-state index in [1.807, 2.05) is 6.92 Å². The zero-order valence-corrected chi connectivity index (χ0v) is 59.8. The van der Waals surface area contributed by atoms with Gasteiger partial charge in [-0.25, -0.2) is 0 Å². The van der Waals surface area contributed by atoms with E-state index < -0.39 is 293 Å². The molecule has 598 valence electrons. The molecule has 7 saturated heterocycles. The van der Waals surface area contributed by atoms with Gasteiger partial charge in [0.15, 0.2) is 43.8 Å². The number of carbonyl (C=O) groups excluding carboxylic acids is 1. The van der Waals surface area contributed by atoms with Crippen LogP contribution >= 0.6 is 0 Å². The fourth-order valence-electron chi connectivity index (χ4n) is 20.3. The van der Waals surface area contributed by atoms with Crippen LogP contribution in [0.3, 0.4) is 0 Å². The molecular weight excluding hydrogens is 1390 g/mol. The van der Waals surface area contributed by atoms with E-state index >= 15 is 4.79 Å². The largest absolute Gasteiger partial charge is 0.432 e. The second-order valence-corrected chi connectivity index (χ2v) is 33.6. The summed E-state index contributed by atoms with van der Waals surface area (Å²) < 4.78 is 84.0. The molecule has 0 aromatic carbocycles. The predicted octanol–water partition coefficient (Wildman–Crippen LogP) is -6.65. The van der Waals surface area contributed by atoms with Crippen LogP contribution in [-0.2, 0) is 71.1 Å². The normalized spacial score (nSPS) is 56.2. The van der Waals surface area contributed by atoms with Crippen LogP contribution in [0.4, 0.5) is 0 Å². The van der Waals surface area contributed by atoms with Crippen LogP contribution in [-0.4, -0.2) is 356 Å². The molecule has 0 aromatic heterocycles. The highest BCUT2D eigenvalue weighted by atomic mass is 16.8. The monoisotopic (exact) mass is 1500 g/mol. The van der Waals surface area contributed by atoms with Crippen LogP contribution in [0.2, 0.25) is 0 Å². The van der Waals surface area contributed by atoms with Gasteiger partial charge in [-0.05, 0) is 106 Å². The smallest absolute Gasteiger partial charge is 0.315 e. The predicted molar refractivity (Wildman–Crippen MR) is 343 cm³/mol. The Kier molecular flexibility index (Phi) is 23.6. The Hall–Kier alpha value is -2.11. The third-order valence-electron chi connectivity index (χ3n) is 26.6. The number of aliphatic hydroxyl groups excluding tert-OH is 19. The van der Waals surface area contributed by atoms with Crippen molar-refractivity contribution >= 4 is 5.97 Å². The molecule has 0 aromatic rings. The molecule has 11 fully saturated rings. The number of esters is 1. The van der Waals surface area contributed by atoms with Crippen LogP contribution in [0.1, 0.15) is 114 Å². The van der Waals surface area contributed by atoms with E-state index in [0.29, 0.717) is 32.1 Å². The van der Waals surface area contributed by atoms with Crippen LogP contribution in [0.25, 0.3) is 0 Å². The Morgan fingerprint density at radius 3 is 1.63 bits per heavy atom. The minimum atomic E-state index is -2.10. The van der Waals surface area contributed by atoms with Gasteiger partial charge in [0.25, 0.3) is 0 Å². The van der Waals surface area contributed by atoms with Crippen molar-refractivity contribution in [2.24, 2.45) is 50.2 Å². The molecule has 0 bridgehead atoms. The minimum Gasteiger partial charge on any atom is -0.432 e. The summed E-state index contributed by atoms with van der Waals surface area (Å²) >= 11 is 0. The maximum absolute atomic E-state index is 15.8. The standard InChI is InChI=1S/C69H112O35/c1-25-36(77)39(80)42(83)56(94-25)99-48-33(76)21-91-55(45(48)86)98-47-27(3)96-59(46(87)50(47)101-57-43(84)40(81)37(78)26(2)95-57)102-51-38(79)32(75)20-92-60(51)104-62(89)68-14-12-63(4,5)16-29(68)28-10-11-35-64(6)17-31(74)54(65(7,22-71)52(64)30(73)18-67(35,9)66(28,8)13-15-68)103-58-44(85)41(82)49(34(19-70)97-58)100-61-53(88)69(90,23-72)24-93-61/h10,25-27,29-61,70-88,90H,11-24H2,1-9H3. The minimum absolute atomic E-state index is 0.0143. The maximum atomic E-state index is 15.8. The van der Waals surface area contributed by atoms with Gasteiger partial charge in [-0.3, -0.25) is 4.79 Å². The summed E-state index contributed by atoms with van der Waals surface area (Å²) in [5.41, 5.74) is -6.62. The van der Waals surface area contributed by atoms with Gasteiger partial charge in [-0.15, -0.1) is 0 Å². The van der Waals surface area contributed by atoms with Gasteiger partial charge in [0.2, 0.25) is 6.29 Å². The number of aliphatic hydroxyl groups is 20. The van der Waals surface area contributed by atoms with Gasteiger partial charge in [0, 0.05) is 11.3 Å². The summed E-state index contributed by atoms with van der Waals surface area (Å²) in [5.74, 6) is -2.28. The molecule has 20 N–H and O–H groups in total. The van der Waals surface area contributed by atoms with E-state index in [2.05, 4.69) is 33.8 Å². The number of ether oxygens (including phenoxy) is 14. The number of allylic oxidation sites excluding steroid dienone is 2. The Bertz CT molecular complexity index is 2990. The van der Waals surface area contributed by atoms with Crippen molar-refractivity contribution in [1.29, 1.82) is 0 Å².